The van der Waals surface area contributed by atoms with Crippen molar-refractivity contribution in [3.63, 3.8) is 0 Å². The van der Waals surface area contributed by atoms with Crippen LogP contribution in [0, 0.1) is 17.8 Å². The smallest absolute Gasteiger partial charge is 0.217 e. The van der Waals surface area contributed by atoms with Gasteiger partial charge in [0, 0.05) is 12.5 Å². The topological polar surface area (TPSA) is 29.1 Å². The zero-order chi connectivity index (χ0) is 16.7. The van der Waals surface area contributed by atoms with Gasteiger partial charge in [-0.3, -0.25) is 4.79 Å². The summed E-state index contributed by atoms with van der Waals surface area (Å²) in [6.07, 6.45) is 1.10. The molecule has 1 rings (SSSR count). The van der Waals surface area contributed by atoms with E-state index in [9.17, 15) is 4.79 Å². The standard InChI is InChI=1S/C15H19NO.2C2H6/c1-12(2)11-15-8-6-14(7-9-15)5-4-10-16-13(3)17;2*1-2/h6-9,12H,10-11H2,1-3H3,(H,16,17);2*1-2H3. The van der Waals surface area contributed by atoms with E-state index in [1.807, 2.05) is 39.8 Å². The normalized spacial score (nSPS) is 8.38. The highest BCUT2D eigenvalue weighted by Crippen LogP contribution is 2.08. The molecule has 21 heavy (non-hydrogen) atoms. The summed E-state index contributed by atoms with van der Waals surface area (Å²) in [5, 5.41) is 2.64. The molecule has 2 heteroatoms. The van der Waals surface area contributed by atoms with E-state index in [0.717, 1.165) is 12.0 Å². The third kappa shape index (κ3) is 13.0. The Bertz CT molecular complexity index is 421. The maximum atomic E-state index is 10.6. The second-order valence-corrected chi connectivity index (χ2v) is 4.51. The Morgan fingerprint density at radius 2 is 1.62 bits per heavy atom. The molecule has 0 unspecified atom stereocenters. The molecule has 2 nitrogen and oxygen atoms in total. The van der Waals surface area contributed by atoms with Crippen molar-refractivity contribution in [3.05, 3.63) is 35.4 Å². The molecule has 1 amide bonds. The summed E-state index contributed by atoms with van der Waals surface area (Å²) in [6, 6.07) is 8.28. The Labute approximate surface area is 131 Å². The number of carbonyl (C=O) groups excluding carboxylic acids is 1. The predicted octanol–water partition coefficient (Wildman–Crippen LogP) is 4.43. The molecule has 0 aliphatic heterocycles. The van der Waals surface area contributed by atoms with E-state index >= 15 is 0 Å². The highest BCUT2D eigenvalue weighted by Gasteiger charge is 1.96. The van der Waals surface area contributed by atoms with E-state index in [0.29, 0.717) is 12.5 Å². The van der Waals surface area contributed by atoms with Gasteiger partial charge >= 0.3 is 0 Å². The summed E-state index contributed by atoms with van der Waals surface area (Å²) in [6.45, 7) is 14.3. The van der Waals surface area contributed by atoms with Crippen LogP contribution in [0.25, 0.3) is 0 Å². The SMILES string of the molecule is CC.CC.CC(=O)NCC#Cc1ccc(CC(C)C)cc1. The predicted molar refractivity (Wildman–Crippen MR) is 93.2 cm³/mol. The molecule has 0 saturated heterocycles. The molecule has 1 N–H and O–H groups in total. The highest BCUT2D eigenvalue weighted by molar-refractivity contribution is 5.73. The number of hydrogen-bond donors (Lipinski definition) is 1. The summed E-state index contributed by atoms with van der Waals surface area (Å²) in [5.41, 5.74) is 2.33. The van der Waals surface area contributed by atoms with E-state index in [-0.39, 0.29) is 5.91 Å². The largest absolute Gasteiger partial charge is 0.345 e. The average molecular weight is 289 g/mol. The molecule has 0 spiro atoms. The summed E-state index contributed by atoms with van der Waals surface area (Å²) in [5.74, 6) is 6.55. The van der Waals surface area contributed by atoms with Gasteiger partial charge in [0.25, 0.3) is 0 Å². The molecule has 0 aliphatic rings. The lowest BCUT2D eigenvalue weighted by Gasteiger charge is -2.04. The van der Waals surface area contributed by atoms with Gasteiger partial charge in [0.05, 0.1) is 6.54 Å². The van der Waals surface area contributed by atoms with Crippen molar-refractivity contribution in [2.24, 2.45) is 5.92 Å². The minimum atomic E-state index is -0.0495. The summed E-state index contributed by atoms with van der Waals surface area (Å²) in [4.78, 5) is 10.6. The van der Waals surface area contributed by atoms with Crippen LogP contribution < -0.4 is 5.32 Å². The number of rotatable bonds is 3. The first kappa shape index (κ1) is 21.5. The third-order valence-corrected chi connectivity index (χ3v) is 2.26. The van der Waals surface area contributed by atoms with Crippen molar-refractivity contribution in [1.29, 1.82) is 0 Å². The van der Waals surface area contributed by atoms with Crippen LogP contribution >= 0.6 is 0 Å². The Morgan fingerprint density at radius 3 is 2.05 bits per heavy atom. The molecule has 0 heterocycles. The highest BCUT2D eigenvalue weighted by atomic mass is 16.1. The fourth-order valence-electron chi connectivity index (χ4n) is 1.51. The monoisotopic (exact) mass is 289 g/mol. The molecule has 118 valence electrons. The molecule has 1 aromatic rings. The Balaban J connectivity index is 0. The molecular formula is C19H31NO. The van der Waals surface area contributed by atoms with Gasteiger partial charge in [0.15, 0.2) is 0 Å². The van der Waals surface area contributed by atoms with Gasteiger partial charge in [-0.2, -0.15) is 0 Å². The maximum Gasteiger partial charge on any atom is 0.217 e. The molecule has 0 aliphatic carbocycles. The van der Waals surface area contributed by atoms with Gasteiger partial charge in [-0.15, -0.1) is 0 Å². The van der Waals surface area contributed by atoms with Crippen LogP contribution in [0.3, 0.4) is 0 Å². The van der Waals surface area contributed by atoms with Crippen LogP contribution in [0.2, 0.25) is 0 Å². The first-order chi connectivity index (χ1) is 10.1. The van der Waals surface area contributed by atoms with E-state index in [4.69, 9.17) is 0 Å². The molecule has 1 aromatic carbocycles. The van der Waals surface area contributed by atoms with Crippen LogP contribution in [0.15, 0.2) is 24.3 Å². The third-order valence-electron chi connectivity index (χ3n) is 2.26. The summed E-state index contributed by atoms with van der Waals surface area (Å²) < 4.78 is 0. The van der Waals surface area contributed by atoms with E-state index in [2.05, 4.69) is 43.1 Å². The molecule has 0 atom stereocenters. The van der Waals surface area contributed by atoms with Crippen molar-refractivity contribution >= 4 is 5.91 Å². The van der Waals surface area contributed by atoms with Crippen LogP contribution in [0.4, 0.5) is 0 Å². The van der Waals surface area contributed by atoms with E-state index in [1.165, 1.54) is 12.5 Å². The van der Waals surface area contributed by atoms with Crippen molar-refractivity contribution in [2.45, 2.75) is 54.9 Å². The van der Waals surface area contributed by atoms with Gasteiger partial charge in [0.2, 0.25) is 5.91 Å². The van der Waals surface area contributed by atoms with Crippen molar-refractivity contribution in [2.75, 3.05) is 6.54 Å². The fourth-order valence-corrected chi connectivity index (χ4v) is 1.51. The summed E-state index contributed by atoms with van der Waals surface area (Å²) >= 11 is 0. The molecule has 0 radical (unpaired) electrons. The molecule has 0 aromatic heterocycles. The van der Waals surface area contributed by atoms with Crippen molar-refractivity contribution in [3.8, 4) is 11.8 Å². The number of carbonyl (C=O) groups is 1. The van der Waals surface area contributed by atoms with Gasteiger partial charge in [0.1, 0.15) is 0 Å². The van der Waals surface area contributed by atoms with Crippen molar-refractivity contribution < 1.29 is 4.79 Å². The maximum absolute atomic E-state index is 10.6. The first-order valence-electron chi connectivity index (χ1n) is 7.90. The minimum Gasteiger partial charge on any atom is -0.345 e. The zero-order valence-electron chi connectivity index (χ0n) is 14.7. The second kappa shape index (κ2) is 14.7. The molecule has 0 saturated carbocycles. The van der Waals surface area contributed by atoms with E-state index < -0.39 is 0 Å². The number of hydrogen-bond acceptors (Lipinski definition) is 1. The van der Waals surface area contributed by atoms with Gasteiger partial charge in [-0.1, -0.05) is 65.5 Å². The zero-order valence-corrected chi connectivity index (χ0v) is 14.7. The average Bonchev–Trinajstić information content (AvgIpc) is 2.49. The number of benzene rings is 1. The van der Waals surface area contributed by atoms with Crippen molar-refractivity contribution in [1.82, 2.24) is 5.32 Å². The summed E-state index contributed by atoms with van der Waals surface area (Å²) in [7, 11) is 0. The van der Waals surface area contributed by atoms with Gasteiger partial charge < -0.3 is 5.32 Å². The lowest BCUT2D eigenvalue weighted by Crippen LogP contribution is -2.19. The van der Waals surface area contributed by atoms with Crippen LogP contribution in [-0.4, -0.2) is 12.5 Å². The van der Waals surface area contributed by atoms with Gasteiger partial charge in [-0.25, -0.2) is 0 Å². The Kier molecular flexibility index (Phi) is 15.0. The Hall–Kier alpha value is -1.75. The number of amides is 1. The lowest BCUT2D eigenvalue weighted by molar-refractivity contribution is -0.118. The molecule has 0 fully saturated rings. The second-order valence-electron chi connectivity index (χ2n) is 4.51. The lowest BCUT2D eigenvalue weighted by atomic mass is 10.0. The molecular weight excluding hydrogens is 258 g/mol. The minimum absolute atomic E-state index is 0.0495. The quantitative estimate of drug-likeness (QED) is 0.820. The van der Waals surface area contributed by atoms with E-state index in [1.54, 1.807) is 0 Å². The van der Waals surface area contributed by atoms with Crippen LogP contribution in [0.1, 0.15) is 59.6 Å². The fraction of sp³-hybridized carbons (Fsp3) is 0.526. The van der Waals surface area contributed by atoms with Crippen LogP contribution in [-0.2, 0) is 11.2 Å². The number of nitrogens with one attached hydrogen (secondary N) is 1. The van der Waals surface area contributed by atoms with Crippen LogP contribution in [0.5, 0.6) is 0 Å². The Morgan fingerprint density at radius 1 is 1.10 bits per heavy atom. The van der Waals surface area contributed by atoms with Gasteiger partial charge in [-0.05, 0) is 30.0 Å². The molecule has 0 bridgehead atoms. The first-order valence-corrected chi connectivity index (χ1v) is 7.90.